The van der Waals surface area contributed by atoms with Gasteiger partial charge in [-0.05, 0) is 0 Å². The Bertz CT molecular complexity index is 87.8. The SMILES string of the molecule is O=C(O)C(Cl)(Cl)Cl.[PbH2]. The van der Waals surface area contributed by atoms with Gasteiger partial charge in [0.2, 0.25) is 0 Å². The zero-order chi connectivity index (χ0) is 6.08. The summed E-state index contributed by atoms with van der Waals surface area (Å²) in [6, 6.07) is 0. The molecule has 0 aromatic carbocycles. The average molecular weight is 373 g/mol. The number of hydrogen-bond donors (Lipinski definition) is 1. The monoisotopic (exact) mass is 372 g/mol. The van der Waals surface area contributed by atoms with Gasteiger partial charge in [0.05, 0.1) is 0 Å². The first kappa shape index (κ1) is 12.0. The fourth-order valence-corrected chi connectivity index (χ4v) is 0. The van der Waals surface area contributed by atoms with Crippen LogP contribution in [0.3, 0.4) is 0 Å². The predicted molar refractivity (Wildman–Crippen MR) is 36.5 cm³/mol. The van der Waals surface area contributed by atoms with Crippen LogP contribution < -0.4 is 0 Å². The normalized spacial score (nSPS) is 9.88. The molecule has 0 aromatic heterocycles. The summed E-state index contributed by atoms with van der Waals surface area (Å²) in [4.78, 5) is 9.62. The van der Waals surface area contributed by atoms with E-state index in [4.69, 9.17) is 39.9 Å². The second-order valence-electron chi connectivity index (χ2n) is 0.803. The van der Waals surface area contributed by atoms with E-state index in [0.29, 0.717) is 0 Å². The van der Waals surface area contributed by atoms with Crippen molar-refractivity contribution in [3.63, 3.8) is 0 Å². The Morgan fingerprint density at radius 1 is 1.38 bits per heavy atom. The van der Waals surface area contributed by atoms with E-state index in [0.717, 1.165) is 0 Å². The molecule has 8 heavy (non-hydrogen) atoms. The van der Waals surface area contributed by atoms with E-state index in [9.17, 15) is 4.79 Å². The van der Waals surface area contributed by atoms with Gasteiger partial charge in [0, 0.05) is 0 Å². The second-order valence-corrected chi connectivity index (χ2v) is 3.08. The number of rotatable bonds is 0. The van der Waals surface area contributed by atoms with Gasteiger partial charge in [-0.2, -0.15) is 0 Å². The number of carboxylic acid groups (broad SMARTS) is 1. The van der Waals surface area contributed by atoms with Crippen LogP contribution in [-0.4, -0.2) is 42.2 Å². The van der Waals surface area contributed by atoms with Gasteiger partial charge in [-0.25, -0.2) is 4.79 Å². The minimum atomic E-state index is -2.17. The zero-order valence-corrected chi connectivity index (χ0v) is 11.5. The molecule has 0 heterocycles. The summed E-state index contributed by atoms with van der Waals surface area (Å²) in [5.41, 5.74) is 0. The van der Waals surface area contributed by atoms with Crippen LogP contribution in [0.1, 0.15) is 0 Å². The molecule has 1 N–H and O–H groups in total. The van der Waals surface area contributed by atoms with Crippen LogP contribution in [-0.2, 0) is 4.79 Å². The van der Waals surface area contributed by atoms with Crippen molar-refractivity contribution in [1.82, 2.24) is 0 Å². The van der Waals surface area contributed by atoms with E-state index in [1.807, 2.05) is 0 Å². The molecule has 0 aliphatic rings. The van der Waals surface area contributed by atoms with Crippen LogP contribution in [0.5, 0.6) is 0 Å². The molecule has 0 aromatic rings. The predicted octanol–water partition coefficient (Wildman–Crippen LogP) is 0.525. The zero-order valence-electron chi connectivity index (χ0n) is 3.70. The van der Waals surface area contributed by atoms with Gasteiger partial charge in [-0.1, -0.05) is 34.8 Å². The van der Waals surface area contributed by atoms with Crippen molar-refractivity contribution < 1.29 is 9.90 Å². The second kappa shape index (κ2) is 4.14. The molecule has 6 heteroatoms. The van der Waals surface area contributed by atoms with Crippen LogP contribution in [0, 0.1) is 0 Å². The number of carbonyl (C=O) groups is 1. The summed E-state index contributed by atoms with van der Waals surface area (Å²) in [6.07, 6.45) is 0. The number of hydrogen-bond acceptors (Lipinski definition) is 1. The van der Waals surface area contributed by atoms with E-state index in [1.54, 1.807) is 0 Å². The van der Waals surface area contributed by atoms with Gasteiger partial charge in [-0.3, -0.25) is 0 Å². The van der Waals surface area contributed by atoms with Crippen LogP contribution in [0.25, 0.3) is 0 Å². The molecule has 0 aliphatic heterocycles. The Kier molecular flexibility index (Phi) is 6.20. The molecular formula is C2H3Cl3O2Pb. The van der Waals surface area contributed by atoms with Gasteiger partial charge >= 0.3 is 33.3 Å². The molecule has 0 aliphatic carbocycles. The number of alkyl halides is 3. The Balaban J connectivity index is 0. The molecule has 0 bridgehead atoms. The molecule has 0 unspecified atom stereocenters. The van der Waals surface area contributed by atoms with Crippen molar-refractivity contribution in [3.8, 4) is 0 Å². The Labute approximate surface area is 81.3 Å². The van der Waals surface area contributed by atoms with Crippen molar-refractivity contribution in [3.05, 3.63) is 0 Å². The average Bonchev–Trinajstić information content (AvgIpc) is 1.31. The molecule has 2 radical (unpaired) electrons. The van der Waals surface area contributed by atoms with Gasteiger partial charge in [0.15, 0.2) is 0 Å². The van der Waals surface area contributed by atoms with Crippen molar-refractivity contribution in [2.45, 2.75) is 3.79 Å². The molecule has 48 valence electrons. The summed E-state index contributed by atoms with van der Waals surface area (Å²) in [5.74, 6) is -1.46. The Morgan fingerprint density at radius 3 is 1.50 bits per heavy atom. The first-order valence-corrected chi connectivity index (χ1v) is 2.38. The van der Waals surface area contributed by atoms with Crippen LogP contribution in [0.2, 0.25) is 0 Å². The molecule has 0 saturated carbocycles. The van der Waals surface area contributed by atoms with Gasteiger partial charge in [0.25, 0.3) is 3.79 Å². The van der Waals surface area contributed by atoms with Gasteiger partial charge in [0.1, 0.15) is 0 Å². The molecule has 0 saturated heterocycles. The summed E-state index contributed by atoms with van der Waals surface area (Å²) < 4.78 is -2.17. The summed E-state index contributed by atoms with van der Waals surface area (Å²) in [6.45, 7) is 0. The van der Waals surface area contributed by atoms with E-state index in [-0.39, 0.29) is 27.3 Å². The summed E-state index contributed by atoms with van der Waals surface area (Å²) in [5, 5.41) is 7.85. The fourth-order valence-electron chi connectivity index (χ4n) is 0. The van der Waals surface area contributed by atoms with Gasteiger partial charge < -0.3 is 5.11 Å². The molecule has 0 rings (SSSR count). The molecule has 2 nitrogen and oxygen atoms in total. The van der Waals surface area contributed by atoms with Crippen LogP contribution in [0.4, 0.5) is 0 Å². The first-order valence-electron chi connectivity index (χ1n) is 1.24. The topological polar surface area (TPSA) is 37.3 Å². The third-order valence-electron chi connectivity index (χ3n) is 0.243. The Morgan fingerprint density at radius 2 is 1.50 bits per heavy atom. The van der Waals surface area contributed by atoms with Crippen LogP contribution >= 0.6 is 34.8 Å². The summed E-state index contributed by atoms with van der Waals surface area (Å²) >= 11 is 14.4. The molecule has 0 spiro atoms. The van der Waals surface area contributed by atoms with Gasteiger partial charge in [-0.15, -0.1) is 0 Å². The molecule has 0 fully saturated rings. The quantitative estimate of drug-likeness (QED) is 0.497. The summed E-state index contributed by atoms with van der Waals surface area (Å²) in [7, 11) is 0. The van der Waals surface area contributed by atoms with Crippen molar-refractivity contribution in [1.29, 1.82) is 0 Å². The number of carboxylic acids is 1. The third kappa shape index (κ3) is 5.40. The van der Waals surface area contributed by atoms with E-state index in [1.165, 1.54) is 0 Å². The van der Waals surface area contributed by atoms with E-state index < -0.39 is 9.76 Å². The third-order valence-corrected chi connectivity index (χ3v) is 0.728. The maximum atomic E-state index is 9.62. The standard InChI is InChI=1S/C2HCl3O2.Pb.2H/c3-2(4,5)1(6)7;;;/h(H,6,7);;;. The maximum absolute atomic E-state index is 9.62. The first-order chi connectivity index (χ1) is 2.94. The van der Waals surface area contributed by atoms with E-state index >= 15 is 0 Å². The van der Waals surface area contributed by atoms with Crippen molar-refractivity contribution >= 4 is 68.1 Å². The molecule has 0 atom stereocenters. The van der Waals surface area contributed by atoms with E-state index in [2.05, 4.69) is 0 Å². The minimum absolute atomic E-state index is 0. The van der Waals surface area contributed by atoms with Crippen molar-refractivity contribution in [2.75, 3.05) is 0 Å². The molecule has 0 amide bonds. The van der Waals surface area contributed by atoms with Crippen molar-refractivity contribution in [2.24, 2.45) is 0 Å². The fraction of sp³-hybridized carbons (Fsp3) is 0.500. The number of aliphatic carboxylic acids is 1. The number of halogens is 3. The van der Waals surface area contributed by atoms with Crippen LogP contribution in [0.15, 0.2) is 0 Å². The Hall–Kier alpha value is 1.26. The molecular weight excluding hydrogens is 370 g/mol.